The molecule has 9 heteroatoms. The summed E-state index contributed by atoms with van der Waals surface area (Å²) in [7, 11) is -7.09. The Balaban J connectivity index is 0.00000612. The van der Waals surface area contributed by atoms with Gasteiger partial charge in [-0.2, -0.15) is 0 Å². The van der Waals surface area contributed by atoms with Crippen molar-refractivity contribution in [1.82, 2.24) is 0 Å². The molecule has 0 spiro atoms. The van der Waals surface area contributed by atoms with E-state index in [1.165, 1.54) is 21.5 Å². The molecule has 0 amide bonds. The van der Waals surface area contributed by atoms with Crippen LogP contribution in [-0.4, -0.2) is 44.2 Å². The largest absolute Gasteiger partial charge is 0.418 e. The molecule has 198 valence electrons. The molecule has 35 heavy (non-hydrogen) atoms. The van der Waals surface area contributed by atoms with Gasteiger partial charge in [0.2, 0.25) is 0 Å². The van der Waals surface area contributed by atoms with Crippen molar-refractivity contribution in [2.45, 2.75) is 111 Å². The van der Waals surface area contributed by atoms with Crippen molar-refractivity contribution in [3.63, 3.8) is 0 Å². The fourth-order valence-electron chi connectivity index (χ4n) is 5.21. The summed E-state index contributed by atoms with van der Waals surface area (Å²) in [4.78, 5) is 0. The van der Waals surface area contributed by atoms with E-state index in [1.807, 2.05) is 0 Å². The van der Waals surface area contributed by atoms with Crippen molar-refractivity contribution in [2.75, 3.05) is 0 Å². The molecule has 2 unspecified atom stereocenters. The van der Waals surface area contributed by atoms with Crippen LogP contribution in [0.25, 0.3) is 0 Å². The van der Waals surface area contributed by atoms with E-state index < -0.39 is 32.8 Å². The maximum Gasteiger partial charge on any atom is 0.183 e. The third-order valence-corrected chi connectivity index (χ3v) is 18.8. The number of halogens is 2. The summed E-state index contributed by atoms with van der Waals surface area (Å²) >= 11 is 13.9. The van der Waals surface area contributed by atoms with E-state index in [-0.39, 0.29) is 43.6 Å². The van der Waals surface area contributed by atoms with E-state index in [1.54, 1.807) is 0 Å². The van der Waals surface area contributed by atoms with Crippen molar-refractivity contribution in [1.29, 1.82) is 0 Å². The first-order valence-electron chi connectivity index (χ1n) is 12.7. The summed E-state index contributed by atoms with van der Waals surface area (Å²) in [5.41, 5.74) is 3.12. The van der Waals surface area contributed by atoms with Crippen molar-refractivity contribution >= 4 is 56.0 Å². The van der Waals surface area contributed by atoms with Gasteiger partial charge in [0.05, 0.1) is 0 Å². The first kappa shape index (κ1) is 34.2. The predicted molar refractivity (Wildman–Crippen MR) is 163 cm³/mol. The average molecular weight is 667 g/mol. The Bertz CT molecular complexity index is 851. The number of hydrogen-bond donors (Lipinski definition) is 0. The average Bonchev–Trinajstić information content (AvgIpc) is 3.21. The molecular weight excluding hydrogens is 619 g/mol. The van der Waals surface area contributed by atoms with Crippen molar-refractivity contribution in [3.05, 3.63) is 43.8 Å². The van der Waals surface area contributed by atoms with Crippen LogP contribution >= 0.6 is 23.2 Å². The van der Waals surface area contributed by atoms with Crippen molar-refractivity contribution in [3.8, 4) is 0 Å². The van der Waals surface area contributed by atoms with Crippen LogP contribution in [0.15, 0.2) is 43.8 Å². The van der Waals surface area contributed by atoms with Crippen LogP contribution in [-0.2, 0) is 35.1 Å². The van der Waals surface area contributed by atoms with Crippen LogP contribution in [0.2, 0.25) is 65.5 Å². The topological polar surface area (TPSA) is 18.5 Å². The molecule has 0 aromatic carbocycles. The monoisotopic (exact) mass is 664 g/mol. The maximum atomic E-state index is 6.97. The van der Waals surface area contributed by atoms with Crippen LogP contribution in [0.4, 0.5) is 0 Å². The fraction of sp³-hybridized carbons (Fsp3) is 0.692. The Labute approximate surface area is 249 Å². The maximum absolute atomic E-state index is 6.97. The smallest absolute Gasteiger partial charge is 0.183 e. The van der Waals surface area contributed by atoms with Crippen LogP contribution in [0.3, 0.4) is 0 Å². The zero-order chi connectivity index (χ0) is 26.4. The molecule has 2 nitrogen and oxygen atoms in total. The molecule has 2 aliphatic rings. The van der Waals surface area contributed by atoms with E-state index in [2.05, 4.69) is 98.4 Å². The predicted octanol–water partition coefficient (Wildman–Crippen LogP) is 9.32. The van der Waals surface area contributed by atoms with Crippen molar-refractivity contribution < 1.29 is 35.1 Å². The SMILES string of the molecule is CC(C1=C(Cl)CC=C1[Si](C)(C)C(C)O[Si](C)(C)C)C1=C(Cl)CC=C1[Si](C)(C)C(C)O[Si](C)(C)C.[Zr]. The molecule has 2 atom stereocenters. The molecule has 2 rings (SSSR count). The summed E-state index contributed by atoms with van der Waals surface area (Å²) in [6.45, 7) is 30.3. The zero-order valence-corrected chi connectivity index (χ0v) is 32.3. The third-order valence-electron chi connectivity index (χ3n) is 7.48. The third kappa shape index (κ3) is 8.11. The van der Waals surface area contributed by atoms with Gasteiger partial charge in [0.25, 0.3) is 0 Å². The molecule has 0 fully saturated rings. The quantitative estimate of drug-likeness (QED) is 0.217. The van der Waals surface area contributed by atoms with Gasteiger partial charge in [0.15, 0.2) is 16.6 Å². The molecule has 0 radical (unpaired) electrons. The second-order valence-electron chi connectivity index (χ2n) is 13.2. The Hall–Kier alpha value is 1.21. The van der Waals surface area contributed by atoms with Crippen molar-refractivity contribution in [2.24, 2.45) is 5.92 Å². The molecule has 0 aliphatic heterocycles. The van der Waals surface area contributed by atoms with Gasteiger partial charge in [-0.25, -0.2) is 0 Å². The van der Waals surface area contributed by atoms with Gasteiger partial charge in [0, 0.05) is 66.5 Å². The van der Waals surface area contributed by atoms with Gasteiger partial charge in [-0.05, 0) is 64.3 Å². The standard InChI is InChI=1S/C26H48Cl2O2Si4.Zr/c1-18(25-21(27)14-16-23(25)33(10,11)19(2)29-31(4,5)6)26-22(28)15-17-24(26)34(12,13)20(3)30-32(7,8)9;/h16-20H,14-15H2,1-13H3;. The minimum atomic E-state index is -1.91. The van der Waals surface area contributed by atoms with E-state index in [4.69, 9.17) is 32.1 Å². The molecule has 0 aromatic heterocycles. The van der Waals surface area contributed by atoms with E-state index in [0.717, 1.165) is 22.9 Å². The van der Waals surface area contributed by atoms with E-state index in [0.29, 0.717) is 0 Å². The summed E-state index contributed by atoms with van der Waals surface area (Å²) in [5, 5.41) is 4.89. The molecule has 0 saturated carbocycles. The minimum Gasteiger partial charge on any atom is -0.418 e. The molecule has 0 heterocycles. The van der Waals surface area contributed by atoms with E-state index in [9.17, 15) is 0 Å². The van der Waals surface area contributed by atoms with Crippen LogP contribution in [0.1, 0.15) is 33.6 Å². The number of hydrogen-bond acceptors (Lipinski definition) is 2. The Kier molecular flexibility index (Phi) is 11.9. The number of allylic oxidation sites excluding steroid dienone is 8. The first-order valence-corrected chi connectivity index (χ1v) is 26.5. The van der Waals surface area contributed by atoms with E-state index >= 15 is 0 Å². The first-order chi connectivity index (χ1) is 15.2. The molecular formula is C26H48Cl2O2Si4Zr. The molecule has 0 bridgehead atoms. The molecule has 2 aliphatic carbocycles. The van der Waals surface area contributed by atoms with Gasteiger partial charge in [-0.15, -0.1) is 0 Å². The molecule has 0 N–H and O–H groups in total. The summed E-state index contributed by atoms with van der Waals surface area (Å²) in [6, 6.07) is 0. The Morgan fingerprint density at radius 2 is 0.914 bits per heavy atom. The normalized spacial score (nSPS) is 20.5. The van der Waals surface area contributed by atoms with Gasteiger partial charge in [-0.3, -0.25) is 0 Å². The van der Waals surface area contributed by atoms with Gasteiger partial charge in [-0.1, -0.05) is 78.9 Å². The van der Waals surface area contributed by atoms with Gasteiger partial charge >= 0.3 is 0 Å². The summed E-state index contributed by atoms with van der Waals surface area (Å²) in [5.74, 6) is 0.180. The summed E-state index contributed by atoms with van der Waals surface area (Å²) < 4.78 is 13.2. The zero-order valence-electron chi connectivity index (χ0n) is 24.4. The summed E-state index contributed by atoms with van der Waals surface area (Å²) in [6.07, 6.45) is 6.42. The van der Waals surface area contributed by atoms with Gasteiger partial charge in [0.1, 0.15) is 16.1 Å². The molecule has 0 saturated heterocycles. The van der Waals surface area contributed by atoms with Gasteiger partial charge < -0.3 is 8.85 Å². The fourth-order valence-corrected chi connectivity index (χ4v) is 16.9. The Morgan fingerprint density at radius 3 is 1.17 bits per heavy atom. The Morgan fingerprint density at radius 1 is 0.629 bits per heavy atom. The van der Waals surface area contributed by atoms with Crippen LogP contribution in [0.5, 0.6) is 0 Å². The second-order valence-corrected chi connectivity index (χ2v) is 32.6. The molecule has 0 aromatic rings. The van der Waals surface area contributed by atoms with Crippen LogP contribution in [0, 0.1) is 5.92 Å². The van der Waals surface area contributed by atoms with Crippen LogP contribution < -0.4 is 0 Å². The number of rotatable bonds is 10. The second kappa shape index (κ2) is 12.2. The minimum absolute atomic E-state index is 0.